The number of anilines is 1. The molecule has 0 bridgehead atoms. The summed E-state index contributed by atoms with van der Waals surface area (Å²) in [4.78, 5) is 18.7. The highest BCUT2D eigenvalue weighted by atomic mass is 31.2. The summed E-state index contributed by atoms with van der Waals surface area (Å²) in [7, 11) is -4.79. The number of rotatable bonds is 28. The van der Waals surface area contributed by atoms with E-state index in [4.69, 9.17) is 34.3 Å². The van der Waals surface area contributed by atoms with Crippen molar-refractivity contribution in [2.45, 2.75) is 159 Å². The van der Waals surface area contributed by atoms with Gasteiger partial charge in [0.15, 0.2) is 11.4 Å². The first-order valence-electron chi connectivity index (χ1n) is 20.4. The number of phosphoric ester groups is 1. The van der Waals surface area contributed by atoms with Crippen molar-refractivity contribution in [2.24, 2.45) is 0 Å². The number of nitriles is 1. The SMILES string of the molecule is CCCCCCCCCCCCCCCCCCOC[C@@H](COP(=O)(O)OC1[C@@]2(C)O[C@@H](c3ccc4c(N)ncnn34)[C@H](O)[C@@]12O)OCc1ccc(C#N)nc1. The Morgan fingerprint density at radius 3 is 2.18 bits per heavy atom. The number of ether oxygens (including phenoxy) is 3. The van der Waals surface area contributed by atoms with Crippen molar-refractivity contribution < 1.29 is 42.9 Å². The molecule has 0 amide bonds. The number of phosphoric acid groups is 1. The molecule has 1 saturated heterocycles. The Kier molecular flexibility index (Phi) is 16.6. The standard InChI is InChI=1S/C40H61N6O9P/c1-3-4-5-6-7-8-9-10-11-12-13-14-15-16-17-18-23-51-27-32(52-26-30-19-20-31(24-41)43-25-30)28-53-56(49,50)55-38-39(2)40(38,48)36(47)35(54-39)33-21-22-34-37(42)44-29-45-46(33)34/h19-22,25,29,32,35-36,38,47-48H,3-18,23,26-28H2,1-2H3,(H,49,50)(H2,42,44,45)/t32-,35-,36-,38?,39+,40+/m0/s1. The van der Waals surface area contributed by atoms with E-state index in [-0.39, 0.29) is 31.3 Å². The zero-order chi connectivity index (χ0) is 40.0. The summed E-state index contributed by atoms with van der Waals surface area (Å²) in [5, 5.41) is 35.9. The monoisotopic (exact) mass is 800 g/mol. The summed E-state index contributed by atoms with van der Waals surface area (Å²) < 4.78 is 43.4. The second kappa shape index (κ2) is 21.1. The molecule has 2 unspecified atom stereocenters. The molecule has 310 valence electrons. The fourth-order valence-electron chi connectivity index (χ4n) is 7.56. The molecule has 56 heavy (non-hydrogen) atoms. The number of unbranched alkanes of at least 4 members (excludes halogenated alkanes) is 15. The van der Waals surface area contributed by atoms with Gasteiger partial charge in [0, 0.05) is 12.8 Å². The van der Waals surface area contributed by atoms with E-state index in [1.807, 2.05) is 6.07 Å². The molecular weight excluding hydrogens is 739 g/mol. The van der Waals surface area contributed by atoms with E-state index in [1.54, 1.807) is 24.3 Å². The van der Waals surface area contributed by atoms with Crippen LogP contribution in [-0.4, -0.2) is 84.0 Å². The summed E-state index contributed by atoms with van der Waals surface area (Å²) >= 11 is 0. The van der Waals surface area contributed by atoms with Crippen LogP contribution in [0.3, 0.4) is 0 Å². The van der Waals surface area contributed by atoms with Crippen molar-refractivity contribution >= 4 is 19.2 Å². The highest BCUT2D eigenvalue weighted by Gasteiger charge is 2.87. The molecule has 1 saturated carbocycles. The van der Waals surface area contributed by atoms with Crippen LogP contribution in [0, 0.1) is 11.3 Å². The lowest BCUT2D eigenvalue weighted by Crippen LogP contribution is -2.35. The smallest absolute Gasteiger partial charge is 0.387 e. The number of nitrogens with two attached hydrogens (primary N) is 1. The number of hydrogen-bond acceptors (Lipinski definition) is 13. The molecule has 4 heterocycles. The minimum atomic E-state index is -4.79. The topological polar surface area (TPSA) is 217 Å². The normalized spacial score (nSPS) is 24.5. The van der Waals surface area contributed by atoms with Crippen LogP contribution in [0.2, 0.25) is 0 Å². The fourth-order valence-corrected chi connectivity index (χ4v) is 8.60. The molecule has 1 aliphatic carbocycles. The number of aliphatic hydroxyl groups is 2. The average Bonchev–Trinajstić information content (AvgIpc) is 3.44. The summed E-state index contributed by atoms with van der Waals surface area (Å²) in [5.74, 6) is 0.231. The van der Waals surface area contributed by atoms with Gasteiger partial charge in [-0.1, -0.05) is 109 Å². The van der Waals surface area contributed by atoms with Crippen LogP contribution in [0.5, 0.6) is 0 Å². The van der Waals surface area contributed by atoms with Crippen LogP contribution in [0.15, 0.2) is 36.8 Å². The molecule has 7 atom stereocenters. The second-order valence-corrected chi connectivity index (χ2v) is 16.7. The molecule has 3 aromatic rings. The van der Waals surface area contributed by atoms with E-state index in [2.05, 4.69) is 22.0 Å². The molecular formula is C40H61N6O9P. The average molecular weight is 801 g/mol. The fraction of sp³-hybridized carbons (Fsp3) is 0.700. The number of fused-ring (bicyclic) bond motifs is 2. The molecule has 0 radical (unpaired) electrons. The minimum absolute atomic E-state index is 0.0936. The Labute approximate surface area is 330 Å². The van der Waals surface area contributed by atoms with Crippen molar-refractivity contribution in [3.05, 3.63) is 53.7 Å². The number of nitrogens with zero attached hydrogens (tertiary/aromatic N) is 5. The van der Waals surface area contributed by atoms with Gasteiger partial charge in [0.25, 0.3) is 0 Å². The zero-order valence-corrected chi connectivity index (χ0v) is 33.9. The van der Waals surface area contributed by atoms with Crippen LogP contribution in [0.1, 0.15) is 140 Å². The second-order valence-electron chi connectivity index (χ2n) is 15.3. The highest BCUT2D eigenvalue weighted by molar-refractivity contribution is 7.47. The third-order valence-electron chi connectivity index (χ3n) is 11.1. The molecule has 15 nitrogen and oxygen atoms in total. The van der Waals surface area contributed by atoms with Crippen LogP contribution in [0.25, 0.3) is 5.52 Å². The van der Waals surface area contributed by atoms with Crippen molar-refractivity contribution in [1.29, 1.82) is 5.26 Å². The van der Waals surface area contributed by atoms with Gasteiger partial charge in [-0.25, -0.2) is 19.0 Å². The van der Waals surface area contributed by atoms with Crippen molar-refractivity contribution in [2.75, 3.05) is 25.6 Å². The summed E-state index contributed by atoms with van der Waals surface area (Å²) in [6.45, 7) is 4.08. The van der Waals surface area contributed by atoms with Gasteiger partial charge < -0.3 is 35.1 Å². The highest BCUT2D eigenvalue weighted by Crippen LogP contribution is 2.68. The number of aliphatic hydroxyl groups excluding tert-OH is 1. The Bertz CT molecular complexity index is 1740. The van der Waals surface area contributed by atoms with Crippen molar-refractivity contribution in [3.63, 3.8) is 0 Å². The van der Waals surface area contributed by atoms with E-state index in [0.717, 1.165) is 19.3 Å². The first kappa shape index (κ1) is 44.1. The Morgan fingerprint density at radius 2 is 1.61 bits per heavy atom. The molecule has 5 N–H and O–H groups in total. The van der Waals surface area contributed by atoms with Gasteiger partial charge in [0.05, 0.1) is 25.5 Å². The largest absolute Gasteiger partial charge is 0.472 e. The number of hydrogen-bond donors (Lipinski definition) is 4. The van der Waals surface area contributed by atoms with Gasteiger partial charge in [-0.15, -0.1) is 0 Å². The van der Waals surface area contributed by atoms with Gasteiger partial charge in [-0.2, -0.15) is 10.4 Å². The van der Waals surface area contributed by atoms with E-state index in [9.17, 15) is 19.7 Å². The van der Waals surface area contributed by atoms with E-state index >= 15 is 0 Å². The summed E-state index contributed by atoms with van der Waals surface area (Å²) in [5.41, 5.74) is 4.30. The molecule has 16 heteroatoms. The lowest BCUT2D eigenvalue weighted by atomic mass is 10.0. The Hall–Kier alpha value is -3.03. The molecule has 0 spiro atoms. The van der Waals surface area contributed by atoms with E-state index in [1.165, 1.54) is 107 Å². The van der Waals surface area contributed by atoms with Crippen LogP contribution in [-0.2, 0) is 34.4 Å². The maximum Gasteiger partial charge on any atom is 0.472 e. The molecule has 5 rings (SSSR count). The van der Waals surface area contributed by atoms with E-state index < -0.39 is 43.4 Å². The lowest BCUT2D eigenvalue weighted by Gasteiger charge is -2.24. The predicted octanol–water partition coefficient (Wildman–Crippen LogP) is 6.88. The Morgan fingerprint density at radius 1 is 0.964 bits per heavy atom. The molecule has 0 aromatic carbocycles. The zero-order valence-electron chi connectivity index (χ0n) is 33.0. The predicted molar refractivity (Wildman–Crippen MR) is 209 cm³/mol. The van der Waals surface area contributed by atoms with Crippen molar-refractivity contribution in [3.8, 4) is 6.07 Å². The van der Waals surface area contributed by atoms with Gasteiger partial charge in [-0.05, 0) is 37.1 Å². The first-order valence-corrected chi connectivity index (χ1v) is 21.9. The maximum atomic E-state index is 13.2. The molecule has 1 aliphatic heterocycles. The first-order chi connectivity index (χ1) is 27.0. The third-order valence-corrected chi connectivity index (χ3v) is 12.0. The number of pyridine rings is 1. The van der Waals surface area contributed by atoms with Gasteiger partial charge in [0.1, 0.15) is 53.6 Å². The van der Waals surface area contributed by atoms with Crippen LogP contribution < -0.4 is 5.73 Å². The molecule has 3 aromatic heterocycles. The van der Waals surface area contributed by atoms with Crippen LogP contribution in [0.4, 0.5) is 5.82 Å². The van der Waals surface area contributed by atoms with Gasteiger partial charge in [0.2, 0.25) is 0 Å². The summed E-state index contributed by atoms with van der Waals surface area (Å²) in [6.07, 6.45) is 18.6. The molecule has 2 fully saturated rings. The van der Waals surface area contributed by atoms with Gasteiger partial charge >= 0.3 is 7.82 Å². The Balaban J connectivity index is 1.02. The quantitative estimate of drug-likeness (QED) is 0.0435. The minimum Gasteiger partial charge on any atom is -0.387 e. The third kappa shape index (κ3) is 11.3. The number of nitrogen functional groups attached to an aromatic ring is 1. The van der Waals surface area contributed by atoms with Crippen molar-refractivity contribution in [1.82, 2.24) is 19.6 Å². The van der Waals surface area contributed by atoms with E-state index in [0.29, 0.717) is 23.4 Å². The van der Waals surface area contributed by atoms with Gasteiger partial charge in [-0.3, -0.25) is 9.05 Å². The maximum absolute atomic E-state index is 13.2. The molecule has 2 aliphatic rings. The number of aromatic nitrogens is 4. The summed E-state index contributed by atoms with van der Waals surface area (Å²) in [6, 6.07) is 8.59. The lowest BCUT2D eigenvalue weighted by molar-refractivity contribution is -0.0837. The van der Waals surface area contributed by atoms with Crippen LogP contribution >= 0.6 is 7.82 Å².